The van der Waals surface area contributed by atoms with Crippen molar-refractivity contribution in [1.29, 1.82) is 0 Å². The smallest absolute Gasteiger partial charge is 0.256 e. The summed E-state index contributed by atoms with van der Waals surface area (Å²) in [7, 11) is 0. The molecule has 1 aromatic carbocycles. The Bertz CT molecular complexity index is 537. The molecule has 1 aromatic heterocycles. The first-order valence-electron chi connectivity index (χ1n) is 4.77. The van der Waals surface area contributed by atoms with Gasteiger partial charge in [-0.1, -0.05) is 29.8 Å². The van der Waals surface area contributed by atoms with Crippen LogP contribution in [0.2, 0.25) is 5.02 Å². The second kappa shape index (κ2) is 4.37. The maximum Gasteiger partial charge on any atom is 0.418 e. The van der Waals surface area contributed by atoms with Crippen molar-refractivity contribution >= 4 is 11.6 Å². The Labute approximate surface area is 101 Å². The summed E-state index contributed by atoms with van der Waals surface area (Å²) >= 11 is 5.87. The maximum absolute atomic E-state index is 12.8. The van der Waals surface area contributed by atoms with Crippen LogP contribution in [-0.4, -0.2) is 4.98 Å². The fraction of sp³-hybridized carbons (Fsp3) is 0.0833. The minimum Gasteiger partial charge on any atom is -0.256 e. The largest absolute Gasteiger partial charge is 0.418 e. The highest BCUT2D eigenvalue weighted by Gasteiger charge is 2.34. The molecule has 0 amide bonds. The van der Waals surface area contributed by atoms with Gasteiger partial charge in [-0.15, -0.1) is 0 Å². The monoisotopic (exact) mass is 257 g/mol. The van der Waals surface area contributed by atoms with Gasteiger partial charge in [0.15, 0.2) is 0 Å². The molecule has 17 heavy (non-hydrogen) atoms. The predicted octanol–water partition coefficient (Wildman–Crippen LogP) is 4.42. The van der Waals surface area contributed by atoms with E-state index in [1.54, 1.807) is 12.1 Å². The number of aromatic nitrogens is 1. The number of hydrogen-bond acceptors (Lipinski definition) is 1. The van der Waals surface area contributed by atoms with Crippen molar-refractivity contribution in [2.45, 2.75) is 6.18 Å². The predicted molar refractivity (Wildman–Crippen MR) is 59.7 cm³/mol. The zero-order chi connectivity index (χ0) is 12.5. The van der Waals surface area contributed by atoms with Crippen LogP contribution in [0.1, 0.15) is 5.56 Å². The molecule has 1 heterocycles. The third kappa shape index (κ3) is 2.42. The molecule has 0 unspecified atom stereocenters. The van der Waals surface area contributed by atoms with Crippen LogP contribution in [-0.2, 0) is 6.18 Å². The first-order valence-corrected chi connectivity index (χ1v) is 5.15. The summed E-state index contributed by atoms with van der Waals surface area (Å²) in [4.78, 5) is 3.77. The summed E-state index contributed by atoms with van der Waals surface area (Å²) in [6.45, 7) is 0. The van der Waals surface area contributed by atoms with E-state index in [-0.39, 0.29) is 16.3 Å². The second-order valence-corrected chi connectivity index (χ2v) is 3.78. The van der Waals surface area contributed by atoms with Gasteiger partial charge in [-0.3, -0.25) is 4.98 Å². The van der Waals surface area contributed by atoms with Crippen molar-refractivity contribution in [2.75, 3.05) is 0 Å². The molecule has 0 saturated carbocycles. The highest BCUT2D eigenvalue weighted by atomic mass is 35.5. The molecule has 0 spiro atoms. The lowest BCUT2D eigenvalue weighted by atomic mass is 10.1. The van der Waals surface area contributed by atoms with Crippen molar-refractivity contribution in [1.82, 2.24) is 4.98 Å². The third-order valence-electron chi connectivity index (χ3n) is 2.24. The van der Waals surface area contributed by atoms with Gasteiger partial charge in [0.25, 0.3) is 0 Å². The Balaban J connectivity index is 2.65. The second-order valence-electron chi connectivity index (χ2n) is 3.38. The van der Waals surface area contributed by atoms with Gasteiger partial charge >= 0.3 is 6.18 Å². The summed E-state index contributed by atoms with van der Waals surface area (Å²) in [5.74, 6) is 0. The number of pyridine rings is 1. The lowest BCUT2D eigenvalue weighted by Gasteiger charge is -2.12. The Morgan fingerprint density at radius 3 is 2.35 bits per heavy atom. The van der Waals surface area contributed by atoms with Crippen molar-refractivity contribution in [3.8, 4) is 11.3 Å². The standard InChI is InChI=1S/C12H7ClF3N/c13-10-6-2-1-4-8(10)11-9(12(14,15)16)5-3-7-17-11/h1-7H. The molecule has 0 aliphatic carbocycles. The summed E-state index contributed by atoms with van der Waals surface area (Å²) in [6, 6.07) is 8.57. The molecule has 88 valence electrons. The number of hydrogen-bond donors (Lipinski definition) is 0. The molecule has 0 atom stereocenters. The van der Waals surface area contributed by atoms with E-state index in [2.05, 4.69) is 4.98 Å². The van der Waals surface area contributed by atoms with E-state index in [1.165, 1.54) is 24.4 Å². The van der Waals surface area contributed by atoms with E-state index in [4.69, 9.17) is 11.6 Å². The van der Waals surface area contributed by atoms with Crippen LogP contribution in [0, 0.1) is 0 Å². The van der Waals surface area contributed by atoms with Gasteiger partial charge in [0, 0.05) is 16.8 Å². The Morgan fingerprint density at radius 2 is 1.71 bits per heavy atom. The molecule has 0 N–H and O–H groups in total. The van der Waals surface area contributed by atoms with Gasteiger partial charge < -0.3 is 0 Å². The number of benzene rings is 1. The van der Waals surface area contributed by atoms with Crippen LogP contribution in [0.15, 0.2) is 42.6 Å². The molecule has 0 aliphatic heterocycles. The average molecular weight is 258 g/mol. The van der Waals surface area contributed by atoms with Crippen molar-refractivity contribution in [3.05, 3.63) is 53.2 Å². The van der Waals surface area contributed by atoms with Crippen molar-refractivity contribution in [2.24, 2.45) is 0 Å². The van der Waals surface area contributed by atoms with Crippen LogP contribution in [0.4, 0.5) is 13.2 Å². The molecule has 1 nitrogen and oxygen atoms in total. The molecular formula is C12H7ClF3N. The van der Waals surface area contributed by atoms with Gasteiger partial charge in [0.1, 0.15) is 0 Å². The van der Waals surface area contributed by atoms with Gasteiger partial charge in [0.2, 0.25) is 0 Å². The van der Waals surface area contributed by atoms with E-state index in [9.17, 15) is 13.2 Å². The lowest BCUT2D eigenvalue weighted by Crippen LogP contribution is -2.08. The molecule has 0 aliphatic rings. The molecule has 0 saturated heterocycles. The third-order valence-corrected chi connectivity index (χ3v) is 2.57. The fourth-order valence-electron chi connectivity index (χ4n) is 1.50. The van der Waals surface area contributed by atoms with Crippen LogP contribution >= 0.6 is 11.6 Å². The Morgan fingerprint density at radius 1 is 1.00 bits per heavy atom. The Kier molecular flexibility index (Phi) is 3.07. The number of nitrogens with zero attached hydrogens (tertiary/aromatic N) is 1. The first kappa shape index (κ1) is 11.9. The van der Waals surface area contributed by atoms with Crippen molar-refractivity contribution in [3.63, 3.8) is 0 Å². The minimum atomic E-state index is -4.44. The summed E-state index contributed by atoms with van der Waals surface area (Å²) in [6.07, 6.45) is -3.13. The zero-order valence-electron chi connectivity index (χ0n) is 8.50. The van der Waals surface area contributed by atoms with E-state index in [1.807, 2.05) is 0 Å². The normalized spacial score (nSPS) is 11.5. The van der Waals surface area contributed by atoms with Crippen LogP contribution < -0.4 is 0 Å². The molecule has 0 fully saturated rings. The zero-order valence-corrected chi connectivity index (χ0v) is 9.26. The quantitative estimate of drug-likeness (QED) is 0.737. The topological polar surface area (TPSA) is 12.9 Å². The van der Waals surface area contributed by atoms with E-state index in [0.717, 1.165) is 6.07 Å². The SMILES string of the molecule is FC(F)(F)c1cccnc1-c1ccccc1Cl. The van der Waals surface area contributed by atoms with Crippen LogP contribution in [0.3, 0.4) is 0 Å². The first-order chi connectivity index (χ1) is 8.00. The van der Waals surface area contributed by atoms with Gasteiger partial charge in [-0.2, -0.15) is 13.2 Å². The maximum atomic E-state index is 12.8. The van der Waals surface area contributed by atoms with Crippen LogP contribution in [0.25, 0.3) is 11.3 Å². The molecule has 2 rings (SSSR count). The Hall–Kier alpha value is -1.55. The molecule has 0 radical (unpaired) electrons. The van der Waals surface area contributed by atoms with Crippen molar-refractivity contribution < 1.29 is 13.2 Å². The fourth-order valence-corrected chi connectivity index (χ4v) is 1.73. The van der Waals surface area contributed by atoms with E-state index < -0.39 is 11.7 Å². The van der Waals surface area contributed by atoms with Gasteiger partial charge in [0.05, 0.1) is 11.3 Å². The number of rotatable bonds is 1. The molecular weight excluding hydrogens is 251 g/mol. The lowest BCUT2D eigenvalue weighted by molar-refractivity contribution is -0.137. The van der Waals surface area contributed by atoms with Gasteiger partial charge in [-0.25, -0.2) is 0 Å². The number of alkyl halides is 3. The minimum absolute atomic E-state index is 0.148. The molecule has 2 aromatic rings. The summed E-state index contributed by atoms with van der Waals surface area (Å²) in [5, 5.41) is 0.247. The molecule has 0 bridgehead atoms. The summed E-state index contributed by atoms with van der Waals surface area (Å²) < 4.78 is 38.3. The van der Waals surface area contributed by atoms with Crippen LogP contribution in [0.5, 0.6) is 0 Å². The van der Waals surface area contributed by atoms with E-state index >= 15 is 0 Å². The highest BCUT2D eigenvalue weighted by Crippen LogP contribution is 2.37. The highest BCUT2D eigenvalue weighted by molar-refractivity contribution is 6.33. The molecule has 5 heteroatoms. The van der Waals surface area contributed by atoms with Gasteiger partial charge in [-0.05, 0) is 18.2 Å². The summed E-state index contributed by atoms with van der Waals surface area (Å²) in [5.41, 5.74) is -0.652. The average Bonchev–Trinajstić information content (AvgIpc) is 2.28. The number of halogens is 4. The van der Waals surface area contributed by atoms with E-state index in [0.29, 0.717) is 0 Å².